The zero-order chi connectivity index (χ0) is 13.1. The van der Waals surface area contributed by atoms with E-state index in [1.807, 2.05) is 31.2 Å². The summed E-state index contributed by atoms with van der Waals surface area (Å²) in [5.74, 6) is 1.90. The van der Waals surface area contributed by atoms with Gasteiger partial charge < -0.3 is 14.5 Å². The first-order valence-electron chi connectivity index (χ1n) is 6.90. The fourth-order valence-corrected chi connectivity index (χ4v) is 2.21. The molecule has 3 nitrogen and oxygen atoms in total. The highest BCUT2D eigenvalue weighted by Crippen LogP contribution is 2.33. The van der Waals surface area contributed by atoms with E-state index in [2.05, 4.69) is 11.4 Å². The SMILES string of the molecule is CCOc1ccccc1-c1ccoc1CNC1CC1. The van der Waals surface area contributed by atoms with E-state index < -0.39 is 0 Å². The van der Waals surface area contributed by atoms with Crippen LogP contribution >= 0.6 is 0 Å². The molecule has 0 spiro atoms. The predicted octanol–water partition coefficient (Wildman–Crippen LogP) is 3.60. The maximum Gasteiger partial charge on any atom is 0.127 e. The van der Waals surface area contributed by atoms with E-state index in [9.17, 15) is 0 Å². The van der Waals surface area contributed by atoms with E-state index in [0.29, 0.717) is 12.6 Å². The van der Waals surface area contributed by atoms with Crippen molar-refractivity contribution >= 4 is 0 Å². The van der Waals surface area contributed by atoms with Gasteiger partial charge in [0.25, 0.3) is 0 Å². The summed E-state index contributed by atoms with van der Waals surface area (Å²) < 4.78 is 11.3. The van der Waals surface area contributed by atoms with Crippen molar-refractivity contribution in [1.29, 1.82) is 0 Å². The molecule has 0 saturated heterocycles. The Hall–Kier alpha value is -1.74. The Morgan fingerprint density at radius 3 is 2.84 bits per heavy atom. The second kappa shape index (κ2) is 5.49. The molecular formula is C16H19NO2. The number of para-hydroxylation sites is 1. The lowest BCUT2D eigenvalue weighted by Gasteiger charge is -2.10. The molecule has 0 bridgehead atoms. The largest absolute Gasteiger partial charge is 0.493 e. The number of ether oxygens (including phenoxy) is 1. The van der Waals surface area contributed by atoms with Gasteiger partial charge in [0.05, 0.1) is 19.4 Å². The van der Waals surface area contributed by atoms with Crippen LogP contribution in [0.3, 0.4) is 0 Å². The lowest BCUT2D eigenvalue weighted by molar-refractivity contribution is 0.341. The first kappa shape index (κ1) is 12.3. The third kappa shape index (κ3) is 2.82. The van der Waals surface area contributed by atoms with Gasteiger partial charge in [0.15, 0.2) is 0 Å². The molecule has 3 heteroatoms. The van der Waals surface area contributed by atoms with Gasteiger partial charge in [-0.15, -0.1) is 0 Å². The molecular weight excluding hydrogens is 238 g/mol. The van der Waals surface area contributed by atoms with Crippen LogP contribution in [0.25, 0.3) is 11.1 Å². The fraction of sp³-hybridized carbons (Fsp3) is 0.375. The van der Waals surface area contributed by atoms with Crippen LogP contribution in [0.1, 0.15) is 25.5 Å². The first-order chi connectivity index (χ1) is 9.38. The number of nitrogens with one attached hydrogen (secondary N) is 1. The van der Waals surface area contributed by atoms with Crippen molar-refractivity contribution in [3.8, 4) is 16.9 Å². The maximum absolute atomic E-state index is 5.69. The predicted molar refractivity (Wildman–Crippen MR) is 75.2 cm³/mol. The van der Waals surface area contributed by atoms with Crippen LogP contribution in [0.2, 0.25) is 0 Å². The lowest BCUT2D eigenvalue weighted by Crippen LogP contribution is -2.15. The molecule has 1 aliphatic rings. The number of rotatable bonds is 6. The smallest absolute Gasteiger partial charge is 0.127 e. The Labute approximate surface area is 113 Å². The summed E-state index contributed by atoms with van der Waals surface area (Å²) in [7, 11) is 0. The van der Waals surface area contributed by atoms with E-state index in [-0.39, 0.29) is 0 Å². The summed E-state index contributed by atoms with van der Waals surface area (Å²) >= 11 is 0. The van der Waals surface area contributed by atoms with Crippen LogP contribution in [0, 0.1) is 0 Å². The van der Waals surface area contributed by atoms with Gasteiger partial charge in [0.2, 0.25) is 0 Å². The Morgan fingerprint density at radius 1 is 1.21 bits per heavy atom. The van der Waals surface area contributed by atoms with Gasteiger partial charge in [0.1, 0.15) is 11.5 Å². The van der Waals surface area contributed by atoms with Crippen LogP contribution in [0.5, 0.6) is 5.75 Å². The van der Waals surface area contributed by atoms with Crippen LogP contribution in [-0.4, -0.2) is 12.6 Å². The second-order valence-electron chi connectivity index (χ2n) is 4.84. The summed E-state index contributed by atoms with van der Waals surface area (Å²) in [6.07, 6.45) is 4.32. The number of hydrogen-bond acceptors (Lipinski definition) is 3. The average Bonchev–Trinajstić information content (AvgIpc) is 3.15. The quantitative estimate of drug-likeness (QED) is 0.858. The molecule has 1 fully saturated rings. The van der Waals surface area contributed by atoms with Gasteiger partial charge in [-0.05, 0) is 31.9 Å². The summed E-state index contributed by atoms with van der Waals surface area (Å²) in [6, 6.07) is 10.8. The van der Waals surface area contributed by atoms with E-state index in [1.54, 1.807) is 6.26 Å². The van der Waals surface area contributed by atoms with E-state index in [0.717, 1.165) is 29.2 Å². The van der Waals surface area contributed by atoms with Crippen LogP contribution in [0.15, 0.2) is 41.0 Å². The molecule has 0 atom stereocenters. The first-order valence-corrected chi connectivity index (χ1v) is 6.90. The Bertz CT molecular complexity index is 543. The molecule has 1 aliphatic carbocycles. The van der Waals surface area contributed by atoms with Crippen molar-refractivity contribution in [2.45, 2.75) is 32.4 Å². The molecule has 1 aromatic heterocycles. The third-order valence-electron chi connectivity index (χ3n) is 3.35. The maximum atomic E-state index is 5.69. The van der Waals surface area contributed by atoms with Crippen molar-refractivity contribution in [3.63, 3.8) is 0 Å². The monoisotopic (exact) mass is 257 g/mol. The number of hydrogen-bond donors (Lipinski definition) is 1. The van der Waals surface area contributed by atoms with Gasteiger partial charge in [-0.2, -0.15) is 0 Å². The Balaban J connectivity index is 1.86. The minimum atomic E-state index is 0.671. The Kier molecular flexibility index (Phi) is 3.56. The van der Waals surface area contributed by atoms with E-state index in [4.69, 9.17) is 9.15 Å². The lowest BCUT2D eigenvalue weighted by atomic mass is 10.1. The van der Waals surface area contributed by atoms with E-state index >= 15 is 0 Å². The average molecular weight is 257 g/mol. The molecule has 0 amide bonds. The van der Waals surface area contributed by atoms with E-state index in [1.165, 1.54) is 12.8 Å². The molecule has 0 aliphatic heterocycles. The van der Waals surface area contributed by atoms with Gasteiger partial charge in [-0.25, -0.2) is 0 Å². The topological polar surface area (TPSA) is 34.4 Å². The van der Waals surface area contributed by atoms with Gasteiger partial charge in [-0.1, -0.05) is 18.2 Å². The summed E-state index contributed by atoms with van der Waals surface area (Å²) in [6.45, 7) is 3.46. The highest BCUT2D eigenvalue weighted by Gasteiger charge is 2.21. The van der Waals surface area contributed by atoms with Gasteiger partial charge in [-0.3, -0.25) is 0 Å². The zero-order valence-corrected chi connectivity index (χ0v) is 11.2. The highest BCUT2D eigenvalue weighted by atomic mass is 16.5. The number of benzene rings is 1. The molecule has 19 heavy (non-hydrogen) atoms. The minimum absolute atomic E-state index is 0.671. The van der Waals surface area contributed by atoms with Crippen molar-refractivity contribution in [1.82, 2.24) is 5.32 Å². The molecule has 0 radical (unpaired) electrons. The third-order valence-corrected chi connectivity index (χ3v) is 3.35. The molecule has 1 saturated carbocycles. The summed E-state index contributed by atoms with van der Waals surface area (Å²) in [5, 5.41) is 3.49. The highest BCUT2D eigenvalue weighted by molar-refractivity contribution is 5.71. The normalized spacial score (nSPS) is 14.6. The van der Waals surface area contributed by atoms with Crippen molar-refractivity contribution in [3.05, 3.63) is 42.4 Å². The van der Waals surface area contributed by atoms with Crippen molar-refractivity contribution in [2.24, 2.45) is 0 Å². The Morgan fingerprint density at radius 2 is 2.05 bits per heavy atom. The second-order valence-corrected chi connectivity index (χ2v) is 4.84. The van der Waals surface area contributed by atoms with Crippen molar-refractivity contribution < 1.29 is 9.15 Å². The zero-order valence-electron chi connectivity index (χ0n) is 11.2. The van der Waals surface area contributed by atoms with Crippen LogP contribution in [-0.2, 0) is 6.54 Å². The molecule has 1 heterocycles. The number of furan rings is 1. The molecule has 1 N–H and O–H groups in total. The minimum Gasteiger partial charge on any atom is -0.493 e. The molecule has 0 unspecified atom stereocenters. The molecule has 100 valence electrons. The molecule has 1 aromatic carbocycles. The summed E-state index contributed by atoms with van der Waals surface area (Å²) in [4.78, 5) is 0. The molecule has 3 rings (SSSR count). The van der Waals surface area contributed by atoms with Gasteiger partial charge >= 0.3 is 0 Å². The standard InChI is InChI=1S/C16H19NO2/c1-2-18-15-6-4-3-5-13(15)14-9-10-19-16(14)11-17-12-7-8-12/h3-6,9-10,12,17H,2,7-8,11H2,1H3. The van der Waals surface area contributed by atoms with Crippen molar-refractivity contribution in [2.75, 3.05) is 6.61 Å². The van der Waals surface area contributed by atoms with Crippen LogP contribution < -0.4 is 10.1 Å². The molecule has 2 aromatic rings. The summed E-state index contributed by atoms with van der Waals surface area (Å²) in [5.41, 5.74) is 2.22. The van der Waals surface area contributed by atoms with Gasteiger partial charge in [0, 0.05) is 17.2 Å². The van der Waals surface area contributed by atoms with Crippen LogP contribution in [0.4, 0.5) is 0 Å². The fourth-order valence-electron chi connectivity index (χ4n) is 2.21.